The van der Waals surface area contributed by atoms with Crippen LogP contribution in [0.15, 0.2) is 36.4 Å². The largest absolute Gasteiger partial charge is 0.443 e. The van der Waals surface area contributed by atoms with Gasteiger partial charge in [0.05, 0.1) is 23.4 Å². The Bertz CT molecular complexity index is 1890. The number of anilines is 1. The average molecular weight is 763 g/mol. The molecule has 0 bridgehead atoms. The highest BCUT2D eigenvalue weighted by Crippen LogP contribution is 2.44. The van der Waals surface area contributed by atoms with Crippen molar-refractivity contribution in [2.24, 2.45) is 0 Å². The van der Waals surface area contributed by atoms with Gasteiger partial charge in [-0.15, -0.1) is 11.3 Å². The number of halogens is 2. The van der Waals surface area contributed by atoms with Gasteiger partial charge < -0.3 is 9.47 Å². The molecule has 0 saturated carbocycles. The maximum absolute atomic E-state index is 13.9. The van der Waals surface area contributed by atoms with Gasteiger partial charge in [-0.25, -0.2) is 24.5 Å². The molecule has 0 spiro atoms. The summed E-state index contributed by atoms with van der Waals surface area (Å²) in [7, 11) is 1.35. The van der Waals surface area contributed by atoms with E-state index in [4.69, 9.17) is 26.1 Å². The second-order valence-electron chi connectivity index (χ2n) is 11.9. The van der Waals surface area contributed by atoms with Gasteiger partial charge in [0.15, 0.2) is 0 Å². The first-order valence-electron chi connectivity index (χ1n) is 13.5. The maximum Gasteiger partial charge on any atom is 0.417 e. The number of hydrogen-bond donors (Lipinski definition) is 0. The maximum atomic E-state index is 13.9. The van der Waals surface area contributed by atoms with Crippen molar-refractivity contribution in [1.82, 2.24) is 14.9 Å². The molecule has 0 N–H and O–H groups in total. The number of fused-ring (bicyclic) bond motifs is 5. The van der Waals surface area contributed by atoms with Crippen LogP contribution in [0.2, 0.25) is 5.15 Å². The molecule has 0 fully saturated rings. The summed E-state index contributed by atoms with van der Waals surface area (Å²) in [5.74, 6) is 2.43. The molecule has 1 aromatic carbocycles. The van der Waals surface area contributed by atoms with Gasteiger partial charge in [0, 0.05) is 48.8 Å². The molecular weight excluding hydrogens is 735 g/mol. The minimum Gasteiger partial charge on any atom is -0.443 e. The lowest BCUT2D eigenvalue weighted by Crippen LogP contribution is -2.44. The van der Waals surface area contributed by atoms with Gasteiger partial charge in [-0.3, -0.25) is 9.69 Å². The molecule has 0 aliphatic carbocycles. The molecule has 0 saturated heterocycles. The van der Waals surface area contributed by atoms with E-state index in [1.807, 2.05) is 30.3 Å². The van der Waals surface area contributed by atoms with Crippen molar-refractivity contribution < 1.29 is 23.9 Å². The van der Waals surface area contributed by atoms with Crippen molar-refractivity contribution in [3.8, 4) is 22.4 Å². The van der Waals surface area contributed by atoms with Gasteiger partial charge in [0.1, 0.15) is 26.9 Å². The van der Waals surface area contributed by atoms with E-state index < -0.39 is 29.3 Å². The zero-order valence-corrected chi connectivity index (χ0v) is 29.3. The van der Waals surface area contributed by atoms with Crippen LogP contribution < -0.4 is 4.90 Å². The number of hydrogen-bond acceptors (Lipinski definition) is 9. The van der Waals surface area contributed by atoms with Gasteiger partial charge in [0.2, 0.25) is 0 Å². The lowest BCUT2D eigenvalue weighted by molar-refractivity contribution is 0.0245. The first-order valence-corrected chi connectivity index (χ1v) is 18.1. The number of thiophene rings is 1. The Morgan fingerprint density at radius 3 is 2.30 bits per heavy atom. The van der Waals surface area contributed by atoms with E-state index >= 15 is 0 Å². The van der Waals surface area contributed by atoms with Crippen molar-refractivity contribution in [2.75, 3.05) is 18.0 Å². The lowest BCUT2D eigenvalue weighted by Gasteiger charge is -2.27. The third-order valence-electron chi connectivity index (χ3n) is 6.29. The molecule has 0 unspecified atom stereocenters. The van der Waals surface area contributed by atoms with Crippen LogP contribution in [0.5, 0.6) is 0 Å². The third-order valence-corrected chi connectivity index (χ3v) is 8.45. The molecular formula is C31H28ClIN4O5S2. The Labute approximate surface area is 280 Å². The third kappa shape index (κ3) is 6.91. The van der Waals surface area contributed by atoms with Crippen LogP contribution in [-0.2, 0) is 9.47 Å². The molecule has 4 heterocycles. The molecule has 44 heavy (non-hydrogen) atoms. The first-order chi connectivity index (χ1) is 20.6. The highest BCUT2D eigenvalue weighted by molar-refractivity contribution is 14.2. The van der Waals surface area contributed by atoms with Crippen LogP contribution in [0.4, 0.5) is 15.3 Å². The minimum atomic E-state index is -0.807. The number of benzene rings is 1. The fraction of sp³-hybridized carbons (Fsp3) is 0.323. The molecule has 13 heteroatoms. The smallest absolute Gasteiger partial charge is 0.417 e. The average Bonchev–Trinajstić information content (AvgIpc) is 3.24. The summed E-state index contributed by atoms with van der Waals surface area (Å²) in [4.78, 5) is 52.5. The molecule has 9 nitrogen and oxygen atoms in total. The second kappa shape index (κ2) is 12.3. The van der Waals surface area contributed by atoms with Crippen molar-refractivity contribution in [1.29, 1.82) is 0 Å². The van der Waals surface area contributed by atoms with Crippen LogP contribution in [0, 0.1) is 11.2 Å². The van der Waals surface area contributed by atoms with Crippen LogP contribution in [0.3, 0.4) is 0 Å². The Morgan fingerprint density at radius 2 is 1.64 bits per heavy atom. The quantitative estimate of drug-likeness (QED) is 0.108. The van der Waals surface area contributed by atoms with E-state index in [0.29, 0.717) is 33.1 Å². The predicted molar refractivity (Wildman–Crippen MR) is 185 cm³/mol. The molecule has 4 aromatic rings. The molecule has 228 valence electrons. The van der Waals surface area contributed by atoms with Crippen LogP contribution in [0.25, 0.3) is 32.2 Å². The summed E-state index contributed by atoms with van der Waals surface area (Å²) in [5.41, 5.74) is 1.37. The van der Waals surface area contributed by atoms with E-state index in [0.717, 1.165) is 20.5 Å². The van der Waals surface area contributed by atoms with Gasteiger partial charge >= 0.3 is 12.2 Å². The summed E-state index contributed by atoms with van der Waals surface area (Å²) in [5, 5.41) is 4.62. The standard InChI is InChI=1S/C31H28ClIN4O5S2/c1-30(2,3)41-28(39)36-12-13-37(29(40)42-31(4,5)6)27(38)26-25(36)24-19-7-8-20(35-21(19)9-10-22(24)44-26)17-15-18(11-14-43-33)34-23(32)16-17/h7-10,15-16H,12-13H2,1-6H3. The number of carbonyl (C=O) groups excluding carboxylic acids is 3. The Morgan fingerprint density at radius 1 is 0.977 bits per heavy atom. The van der Waals surface area contributed by atoms with E-state index in [2.05, 4.69) is 37.4 Å². The fourth-order valence-corrected chi connectivity index (χ4v) is 6.51. The molecule has 1 aliphatic heterocycles. The zero-order chi connectivity index (χ0) is 32.0. The second-order valence-corrected chi connectivity index (χ2v) is 15.0. The van der Waals surface area contributed by atoms with Crippen molar-refractivity contribution in [3.63, 3.8) is 0 Å². The monoisotopic (exact) mass is 762 g/mol. The van der Waals surface area contributed by atoms with Crippen LogP contribution >= 0.6 is 53.1 Å². The molecule has 3 aromatic heterocycles. The lowest BCUT2D eigenvalue weighted by atomic mass is 10.1. The Hall–Kier alpha value is -3.12. The molecule has 0 atom stereocenters. The van der Waals surface area contributed by atoms with Gasteiger partial charge in [-0.1, -0.05) is 11.6 Å². The van der Waals surface area contributed by atoms with Crippen LogP contribution in [0.1, 0.15) is 56.9 Å². The number of imide groups is 1. The number of rotatable bonds is 1. The Balaban J connectivity index is 1.68. The minimum absolute atomic E-state index is 0.0233. The normalized spacial score (nSPS) is 13.8. The van der Waals surface area contributed by atoms with Crippen LogP contribution in [-0.4, -0.2) is 57.3 Å². The number of aromatic nitrogens is 2. The van der Waals surface area contributed by atoms with Crippen molar-refractivity contribution >= 4 is 97.8 Å². The highest BCUT2D eigenvalue weighted by Gasteiger charge is 2.39. The molecule has 1 aliphatic rings. The fourth-order valence-electron chi connectivity index (χ4n) is 4.66. The summed E-state index contributed by atoms with van der Waals surface area (Å²) >= 11 is 9.59. The summed E-state index contributed by atoms with van der Waals surface area (Å²) in [6.45, 7) is 10.5. The number of carbonyl (C=O) groups is 3. The summed E-state index contributed by atoms with van der Waals surface area (Å²) < 4.78 is 12.0. The number of pyridine rings is 2. The van der Waals surface area contributed by atoms with Gasteiger partial charge in [-0.05, 0) is 98.0 Å². The Kier molecular flexibility index (Phi) is 9.06. The summed E-state index contributed by atoms with van der Waals surface area (Å²) in [6.07, 6.45) is -1.39. The molecule has 5 rings (SSSR count). The highest BCUT2D eigenvalue weighted by atomic mass is 127. The van der Waals surface area contributed by atoms with E-state index in [1.165, 1.54) is 25.2 Å². The number of nitrogens with zero attached hydrogens (tertiary/aromatic N) is 4. The van der Waals surface area contributed by atoms with E-state index in [1.54, 1.807) is 47.6 Å². The number of amides is 3. The van der Waals surface area contributed by atoms with E-state index in [-0.39, 0.29) is 18.0 Å². The summed E-state index contributed by atoms with van der Waals surface area (Å²) in [6, 6.07) is 11.0. The topological polar surface area (TPSA) is 102 Å². The number of ether oxygens (including phenoxy) is 2. The zero-order valence-electron chi connectivity index (χ0n) is 24.8. The van der Waals surface area contributed by atoms with E-state index in [9.17, 15) is 14.4 Å². The first kappa shape index (κ1) is 32.3. The van der Waals surface area contributed by atoms with Crippen molar-refractivity contribution in [3.05, 3.63) is 52.1 Å². The molecule has 3 amide bonds. The SMILES string of the molecule is CC(C)(C)OC(=O)N1CCN(C(=O)OC(C)(C)C)c2c(sc3ccc4nc(-c5cc(Cl)nc(C#CSI)c5)ccc4c23)C1=O. The van der Waals surface area contributed by atoms with Gasteiger partial charge in [0.25, 0.3) is 5.91 Å². The van der Waals surface area contributed by atoms with Gasteiger partial charge in [-0.2, -0.15) is 0 Å². The molecule has 0 radical (unpaired) electrons. The predicted octanol–water partition coefficient (Wildman–Crippen LogP) is 8.69. The van der Waals surface area contributed by atoms with Crippen molar-refractivity contribution in [2.45, 2.75) is 52.7 Å².